The van der Waals surface area contributed by atoms with Crippen molar-refractivity contribution in [3.63, 3.8) is 0 Å². The van der Waals surface area contributed by atoms with Gasteiger partial charge < -0.3 is 18.9 Å². The molecule has 0 N–H and O–H groups in total. The predicted octanol–water partition coefficient (Wildman–Crippen LogP) is 2.35. The average molecular weight is 500 g/mol. The number of rotatable bonds is 6. The predicted molar refractivity (Wildman–Crippen MR) is 125 cm³/mol. The lowest BCUT2D eigenvalue weighted by Gasteiger charge is -2.38. The number of aryl methyl sites for hydroxylation is 1. The molecular weight excluding hydrogens is 474 g/mol. The van der Waals surface area contributed by atoms with Crippen molar-refractivity contribution in [2.75, 3.05) is 33.9 Å². The summed E-state index contributed by atoms with van der Waals surface area (Å²) in [5, 5.41) is 4.05. The Morgan fingerprint density at radius 3 is 2.34 bits per heavy atom. The minimum absolute atomic E-state index is 0.00761. The molecule has 2 heterocycles. The fourth-order valence-corrected chi connectivity index (χ4v) is 5.59. The van der Waals surface area contributed by atoms with Gasteiger partial charge in [-0.1, -0.05) is 35.5 Å². The number of sulfonamides is 1. The molecule has 4 rings (SSSR count). The third kappa shape index (κ3) is 4.64. The number of nitrogens with zero attached hydrogens (tertiary/aromatic N) is 3. The van der Waals surface area contributed by atoms with Crippen LogP contribution in [0, 0.1) is 6.92 Å². The molecule has 10 nitrogen and oxygen atoms in total. The molecule has 3 aromatic rings. The molecule has 1 atom stereocenters. The van der Waals surface area contributed by atoms with Crippen LogP contribution < -0.4 is 4.74 Å². The second kappa shape index (κ2) is 9.88. The number of carbonyl (C=O) groups is 2. The van der Waals surface area contributed by atoms with Crippen LogP contribution >= 0.6 is 0 Å². The molecule has 0 saturated carbocycles. The van der Waals surface area contributed by atoms with E-state index in [0.717, 1.165) is 4.31 Å². The van der Waals surface area contributed by atoms with E-state index in [1.54, 1.807) is 6.92 Å². The summed E-state index contributed by atoms with van der Waals surface area (Å²) in [4.78, 5) is 27.6. The Bertz CT molecular complexity index is 1320. The van der Waals surface area contributed by atoms with Gasteiger partial charge >= 0.3 is 5.97 Å². The maximum absolute atomic E-state index is 13.5. The highest BCUT2D eigenvalue weighted by Crippen LogP contribution is 2.29. The molecule has 0 bridgehead atoms. The molecule has 1 saturated heterocycles. The van der Waals surface area contributed by atoms with Gasteiger partial charge in [-0.05, 0) is 31.2 Å². The van der Waals surface area contributed by atoms with Crippen LogP contribution in [0.15, 0.2) is 64.0 Å². The normalized spacial score (nSPS) is 16.7. The van der Waals surface area contributed by atoms with Crippen LogP contribution in [0.25, 0.3) is 11.3 Å². The lowest BCUT2D eigenvalue weighted by atomic mass is 10.0. The highest BCUT2D eigenvalue weighted by atomic mass is 32.2. The smallest absolute Gasteiger partial charge is 0.326 e. The number of methoxy groups -OCH3 is 2. The van der Waals surface area contributed by atoms with Gasteiger partial charge in [-0.2, -0.15) is 4.31 Å². The van der Waals surface area contributed by atoms with E-state index in [9.17, 15) is 18.0 Å². The topological polar surface area (TPSA) is 119 Å². The number of hydrogen-bond donors (Lipinski definition) is 0. The standard InChI is InChI=1S/C24H25N3O7S/c1-16-21(22(25-34-16)17-7-5-4-6-8-17)23(28)26-13-14-27(20(15-26)24(29)33-3)35(30,31)19-11-9-18(32-2)10-12-19/h4-12,20H,13-15H2,1-3H3. The summed E-state index contributed by atoms with van der Waals surface area (Å²) in [5.41, 5.74) is 1.36. The first-order valence-electron chi connectivity index (χ1n) is 10.8. The van der Waals surface area contributed by atoms with Gasteiger partial charge in [-0.25, -0.2) is 8.42 Å². The summed E-state index contributed by atoms with van der Waals surface area (Å²) in [6.45, 7) is 1.43. The number of hydrogen-bond acceptors (Lipinski definition) is 8. The molecule has 184 valence electrons. The monoisotopic (exact) mass is 499 g/mol. The van der Waals surface area contributed by atoms with Crippen molar-refractivity contribution in [3.8, 4) is 17.0 Å². The Morgan fingerprint density at radius 1 is 1.03 bits per heavy atom. The SMILES string of the molecule is COC(=O)C1CN(C(=O)c2c(-c3ccccc3)noc2C)CCN1S(=O)(=O)c1ccc(OC)cc1. The van der Waals surface area contributed by atoms with E-state index in [1.807, 2.05) is 30.3 Å². The van der Waals surface area contributed by atoms with E-state index in [4.69, 9.17) is 14.0 Å². The van der Waals surface area contributed by atoms with Crippen molar-refractivity contribution in [1.29, 1.82) is 0 Å². The van der Waals surface area contributed by atoms with Crippen LogP contribution in [-0.2, 0) is 19.6 Å². The fourth-order valence-electron chi connectivity index (χ4n) is 4.02. The van der Waals surface area contributed by atoms with E-state index in [1.165, 1.54) is 43.4 Å². The van der Waals surface area contributed by atoms with Crippen LogP contribution in [0.3, 0.4) is 0 Å². The molecule has 0 radical (unpaired) electrons. The Balaban J connectivity index is 1.63. The van der Waals surface area contributed by atoms with Gasteiger partial charge in [0.15, 0.2) is 0 Å². The minimum Gasteiger partial charge on any atom is -0.497 e. The molecule has 1 unspecified atom stereocenters. The molecule has 1 amide bonds. The van der Waals surface area contributed by atoms with Crippen molar-refractivity contribution in [3.05, 3.63) is 65.9 Å². The molecule has 2 aromatic carbocycles. The summed E-state index contributed by atoms with van der Waals surface area (Å²) >= 11 is 0. The Labute approximate surface area is 203 Å². The first-order valence-corrected chi connectivity index (χ1v) is 12.3. The second-order valence-electron chi connectivity index (χ2n) is 7.91. The van der Waals surface area contributed by atoms with Gasteiger partial charge in [0.05, 0.1) is 19.1 Å². The lowest BCUT2D eigenvalue weighted by molar-refractivity contribution is -0.146. The zero-order chi connectivity index (χ0) is 25.2. The van der Waals surface area contributed by atoms with Gasteiger partial charge in [0.25, 0.3) is 5.91 Å². The number of esters is 1. The number of aromatic nitrogens is 1. The van der Waals surface area contributed by atoms with E-state index >= 15 is 0 Å². The van der Waals surface area contributed by atoms with Crippen molar-refractivity contribution < 1.29 is 32.0 Å². The molecule has 1 aliphatic rings. The largest absolute Gasteiger partial charge is 0.497 e. The molecule has 0 aliphatic carbocycles. The number of ether oxygens (including phenoxy) is 2. The van der Waals surface area contributed by atoms with Crippen LogP contribution in [-0.4, -0.2) is 74.6 Å². The van der Waals surface area contributed by atoms with E-state index in [0.29, 0.717) is 22.8 Å². The molecule has 0 spiro atoms. The van der Waals surface area contributed by atoms with Gasteiger partial charge in [-0.3, -0.25) is 9.59 Å². The van der Waals surface area contributed by atoms with Crippen LogP contribution in [0.1, 0.15) is 16.1 Å². The zero-order valence-corrected chi connectivity index (χ0v) is 20.3. The van der Waals surface area contributed by atoms with Crippen molar-refractivity contribution >= 4 is 21.9 Å². The average Bonchev–Trinajstić information content (AvgIpc) is 3.29. The van der Waals surface area contributed by atoms with Crippen LogP contribution in [0.4, 0.5) is 0 Å². The second-order valence-corrected chi connectivity index (χ2v) is 9.80. The highest BCUT2D eigenvalue weighted by molar-refractivity contribution is 7.89. The van der Waals surface area contributed by atoms with Gasteiger partial charge in [0, 0.05) is 25.2 Å². The Morgan fingerprint density at radius 2 is 1.71 bits per heavy atom. The number of benzene rings is 2. The number of carbonyl (C=O) groups excluding carboxylic acids is 2. The maximum Gasteiger partial charge on any atom is 0.326 e. The van der Waals surface area contributed by atoms with Gasteiger partial charge in [0.2, 0.25) is 10.0 Å². The third-order valence-electron chi connectivity index (χ3n) is 5.88. The fraction of sp³-hybridized carbons (Fsp3) is 0.292. The van der Waals surface area contributed by atoms with Crippen molar-refractivity contribution in [2.24, 2.45) is 0 Å². The molecule has 1 aliphatic heterocycles. The summed E-state index contributed by atoms with van der Waals surface area (Å²) in [7, 11) is -1.39. The molecule has 1 fully saturated rings. The summed E-state index contributed by atoms with van der Waals surface area (Å²) in [6, 6.07) is 13.8. The number of piperazine rings is 1. The summed E-state index contributed by atoms with van der Waals surface area (Å²) in [5.74, 6) is -0.332. The van der Waals surface area contributed by atoms with Crippen molar-refractivity contribution in [1.82, 2.24) is 14.4 Å². The number of amides is 1. The molecular formula is C24H25N3O7S. The minimum atomic E-state index is -4.05. The summed E-state index contributed by atoms with van der Waals surface area (Å²) < 4.78 is 43.1. The Hall–Kier alpha value is -3.70. The maximum atomic E-state index is 13.5. The van der Waals surface area contributed by atoms with E-state index in [-0.39, 0.29) is 30.1 Å². The van der Waals surface area contributed by atoms with Crippen LogP contribution in [0.2, 0.25) is 0 Å². The third-order valence-corrected chi connectivity index (χ3v) is 7.80. The van der Waals surface area contributed by atoms with E-state index in [2.05, 4.69) is 5.16 Å². The lowest BCUT2D eigenvalue weighted by Crippen LogP contribution is -2.59. The van der Waals surface area contributed by atoms with Crippen LogP contribution in [0.5, 0.6) is 5.75 Å². The van der Waals surface area contributed by atoms with E-state index < -0.39 is 27.9 Å². The first kappa shape index (κ1) is 24.4. The molecule has 35 heavy (non-hydrogen) atoms. The summed E-state index contributed by atoms with van der Waals surface area (Å²) in [6.07, 6.45) is 0. The van der Waals surface area contributed by atoms with Gasteiger partial charge in [-0.15, -0.1) is 0 Å². The van der Waals surface area contributed by atoms with Gasteiger partial charge in [0.1, 0.15) is 28.8 Å². The Kier molecular flexibility index (Phi) is 6.90. The van der Waals surface area contributed by atoms with Crippen molar-refractivity contribution in [2.45, 2.75) is 17.9 Å². The molecule has 11 heteroatoms. The quantitative estimate of drug-likeness (QED) is 0.474. The zero-order valence-electron chi connectivity index (χ0n) is 19.5. The first-order chi connectivity index (χ1) is 16.8. The molecule has 1 aromatic heterocycles. The highest BCUT2D eigenvalue weighted by Gasteiger charge is 2.43.